The minimum atomic E-state index is -0.446. The zero-order chi connectivity index (χ0) is 14.8. The molecule has 1 aromatic rings. The fourth-order valence-electron chi connectivity index (χ4n) is 2.88. The van der Waals surface area contributed by atoms with E-state index in [1.54, 1.807) is 6.07 Å². The van der Waals surface area contributed by atoms with E-state index in [1.165, 1.54) is 29.7 Å². The maximum absolute atomic E-state index is 13.4. The lowest BCUT2D eigenvalue weighted by molar-refractivity contribution is 0.112. The van der Waals surface area contributed by atoms with Crippen molar-refractivity contribution < 1.29 is 13.9 Å². The first-order valence-corrected chi connectivity index (χ1v) is 7.00. The first-order chi connectivity index (χ1) is 9.42. The van der Waals surface area contributed by atoms with E-state index in [0.717, 1.165) is 12.8 Å². The molecule has 3 heteroatoms. The van der Waals surface area contributed by atoms with Gasteiger partial charge in [0.05, 0.1) is 0 Å². The first kappa shape index (κ1) is 14.8. The summed E-state index contributed by atoms with van der Waals surface area (Å²) in [7, 11) is 0. The largest absolute Gasteiger partial charge is 0.489 e. The predicted octanol–water partition coefficient (Wildman–Crippen LogP) is 4.54. The Morgan fingerprint density at radius 2 is 2.10 bits per heavy atom. The molecule has 0 saturated carbocycles. The van der Waals surface area contributed by atoms with Crippen LogP contribution in [0.4, 0.5) is 4.39 Å². The summed E-state index contributed by atoms with van der Waals surface area (Å²) >= 11 is 0. The van der Waals surface area contributed by atoms with Crippen LogP contribution >= 0.6 is 0 Å². The number of aldehydes is 1. The number of allylic oxidation sites excluding steroid dienone is 1. The van der Waals surface area contributed by atoms with Gasteiger partial charge >= 0.3 is 0 Å². The number of ether oxygens (including phenoxy) is 1. The first-order valence-electron chi connectivity index (χ1n) is 7.00. The molecule has 2 rings (SSSR count). The van der Waals surface area contributed by atoms with Crippen molar-refractivity contribution in [2.75, 3.05) is 6.61 Å². The van der Waals surface area contributed by atoms with Crippen molar-refractivity contribution in [2.45, 2.75) is 40.0 Å². The van der Waals surface area contributed by atoms with Crippen molar-refractivity contribution in [2.24, 2.45) is 5.41 Å². The van der Waals surface area contributed by atoms with E-state index >= 15 is 0 Å². The Balaban J connectivity index is 2.16. The molecule has 0 N–H and O–H groups in total. The molecule has 0 radical (unpaired) electrons. The Kier molecular flexibility index (Phi) is 4.26. The number of benzene rings is 1. The standard InChI is InChI=1S/C17H21FO2/c1-12-5-4-6-17(2,3)16(12)11-20-15-8-13(10-19)7-14(18)9-15/h7-10H,4-6,11H2,1-3H3. The predicted molar refractivity (Wildman–Crippen MR) is 77.6 cm³/mol. The van der Waals surface area contributed by atoms with Gasteiger partial charge in [-0.05, 0) is 49.3 Å². The highest BCUT2D eigenvalue weighted by Crippen LogP contribution is 2.40. The molecule has 0 aromatic heterocycles. The van der Waals surface area contributed by atoms with Gasteiger partial charge < -0.3 is 4.74 Å². The smallest absolute Gasteiger partial charge is 0.150 e. The Morgan fingerprint density at radius 3 is 2.75 bits per heavy atom. The molecule has 20 heavy (non-hydrogen) atoms. The van der Waals surface area contributed by atoms with Crippen LogP contribution in [0.1, 0.15) is 50.4 Å². The molecule has 0 fully saturated rings. The number of hydrogen-bond donors (Lipinski definition) is 0. The summed E-state index contributed by atoms with van der Waals surface area (Å²) in [5.74, 6) is -0.0352. The highest BCUT2D eigenvalue weighted by Gasteiger charge is 2.28. The number of hydrogen-bond acceptors (Lipinski definition) is 2. The second-order valence-corrected chi connectivity index (χ2v) is 6.12. The summed E-state index contributed by atoms with van der Waals surface area (Å²) in [5.41, 5.74) is 3.09. The minimum Gasteiger partial charge on any atom is -0.489 e. The summed E-state index contributed by atoms with van der Waals surface area (Å²) in [6.45, 7) is 7.04. The van der Waals surface area contributed by atoms with E-state index in [1.807, 2.05) is 0 Å². The van der Waals surface area contributed by atoms with Crippen molar-refractivity contribution >= 4 is 6.29 Å². The van der Waals surface area contributed by atoms with Crippen molar-refractivity contribution in [3.05, 3.63) is 40.7 Å². The average Bonchev–Trinajstić information content (AvgIpc) is 2.36. The van der Waals surface area contributed by atoms with Gasteiger partial charge in [0.1, 0.15) is 24.5 Å². The van der Waals surface area contributed by atoms with Crippen LogP contribution in [0.3, 0.4) is 0 Å². The monoisotopic (exact) mass is 276 g/mol. The van der Waals surface area contributed by atoms with Crippen molar-refractivity contribution in [3.63, 3.8) is 0 Å². The van der Waals surface area contributed by atoms with Crippen LogP contribution in [-0.2, 0) is 0 Å². The van der Waals surface area contributed by atoms with E-state index in [0.29, 0.717) is 24.2 Å². The molecule has 1 aromatic carbocycles. The third kappa shape index (κ3) is 3.27. The molecule has 1 aliphatic rings. The number of rotatable bonds is 4. The summed E-state index contributed by atoms with van der Waals surface area (Å²) < 4.78 is 19.1. The molecule has 0 bridgehead atoms. The Morgan fingerprint density at radius 1 is 1.35 bits per heavy atom. The molecule has 2 nitrogen and oxygen atoms in total. The summed E-state index contributed by atoms with van der Waals surface area (Å²) in [6, 6.07) is 4.09. The van der Waals surface area contributed by atoms with E-state index in [9.17, 15) is 9.18 Å². The normalized spacial score (nSPS) is 18.0. The van der Waals surface area contributed by atoms with Crippen LogP contribution in [0.15, 0.2) is 29.3 Å². The number of carbonyl (C=O) groups excluding carboxylic acids is 1. The molecular weight excluding hydrogens is 255 g/mol. The van der Waals surface area contributed by atoms with Crippen LogP contribution in [0, 0.1) is 11.2 Å². The topological polar surface area (TPSA) is 26.3 Å². The molecule has 0 heterocycles. The van der Waals surface area contributed by atoms with Crippen LogP contribution in [0.5, 0.6) is 5.75 Å². The maximum atomic E-state index is 13.4. The quantitative estimate of drug-likeness (QED) is 0.596. The zero-order valence-corrected chi connectivity index (χ0v) is 12.3. The van der Waals surface area contributed by atoms with Crippen LogP contribution in [-0.4, -0.2) is 12.9 Å². The van der Waals surface area contributed by atoms with Crippen molar-refractivity contribution in [3.8, 4) is 5.75 Å². The SMILES string of the molecule is CC1=C(COc2cc(F)cc(C=O)c2)C(C)(C)CCC1. The summed E-state index contributed by atoms with van der Waals surface area (Å²) in [4.78, 5) is 10.7. The van der Waals surface area contributed by atoms with Gasteiger partial charge in [-0.3, -0.25) is 4.79 Å². The molecule has 0 spiro atoms. The van der Waals surface area contributed by atoms with Gasteiger partial charge in [-0.25, -0.2) is 4.39 Å². The lowest BCUT2D eigenvalue weighted by atomic mass is 9.73. The van der Waals surface area contributed by atoms with E-state index < -0.39 is 5.82 Å². The van der Waals surface area contributed by atoms with Gasteiger partial charge in [-0.2, -0.15) is 0 Å². The number of halogens is 1. The van der Waals surface area contributed by atoms with E-state index in [-0.39, 0.29) is 5.41 Å². The number of carbonyl (C=O) groups is 1. The van der Waals surface area contributed by atoms with Gasteiger partial charge in [0.2, 0.25) is 0 Å². The summed E-state index contributed by atoms with van der Waals surface area (Å²) in [5, 5.41) is 0. The van der Waals surface area contributed by atoms with Gasteiger partial charge in [0, 0.05) is 11.6 Å². The second-order valence-electron chi connectivity index (χ2n) is 6.12. The van der Waals surface area contributed by atoms with Crippen LogP contribution in [0.25, 0.3) is 0 Å². The van der Waals surface area contributed by atoms with Gasteiger partial charge in [-0.1, -0.05) is 19.4 Å². The average molecular weight is 276 g/mol. The Hall–Kier alpha value is -1.64. The third-order valence-electron chi connectivity index (χ3n) is 4.10. The fraction of sp³-hybridized carbons (Fsp3) is 0.471. The lowest BCUT2D eigenvalue weighted by Crippen LogP contribution is -2.24. The van der Waals surface area contributed by atoms with Crippen molar-refractivity contribution in [1.82, 2.24) is 0 Å². The molecule has 0 amide bonds. The Labute approximate surface area is 119 Å². The molecular formula is C17H21FO2. The highest BCUT2D eigenvalue weighted by molar-refractivity contribution is 5.75. The molecule has 0 aliphatic heterocycles. The third-order valence-corrected chi connectivity index (χ3v) is 4.10. The van der Waals surface area contributed by atoms with E-state index in [2.05, 4.69) is 20.8 Å². The zero-order valence-electron chi connectivity index (χ0n) is 12.3. The Bertz CT molecular complexity index is 544. The lowest BCUT2D eigenvalue weighted by Gasteiger charge is -2.34. The van der Waals surface area contributed by atoms with Crippen LogP contribution in [0.2, 0.25) is 0 Å². The second kappa shape index (κ2) is 5.78. The maximum Gasteiger partial charge on any atom is 0.150 e. The molecule has 108 valence electrons. The van der Waals surface area contributed by atoms with Crippen LogP contribution < -0.4 is 4.74 Å². The fourth-order valence-corrected chi connectivity index (χ4v) is 2.88. The highest BCUT2D eigenvalue weighted by atomic mass is 19.1. The van der Waals surface area contributed by atoms with Gasteiger partial charge in [0.15, 0.2) is 0 Å². The summed E-state index contributed by atoms with van der Waals surface area (Å²) in [6.07, 6.45) is 4.08. The molecule has 1 aliphatic carbocycles. The van der Waals surface area contributed by atoms with Gasteiger partial charge in [-0.15, -0.1) is 0 Å². The van der Waals surface area contributed by atoms with E-state index in [4.69, 9.17) is 4.74 Å². The minimum absolute atomic E-state index is 0.128. The molecule has 0 unspecified atom stereocenters. The van der Waals surface area contributed by atoms with Crippen molar-refractivity contribution in [1.29, 1.82) is 0 Å². The molecule has 0 saturated heterocycles. The van der Waals surface area contributed by atoms with Gasteiger partial charge in [0.25, 0.3) is 0 Å². The molecule has 0 atom stereocenters.